The summed E-state index contributed by atoms with van der Waals surface area (Å²) >= 11 is 0. The Bertz CT molecular complexity index is 531. The molecule has 6 heteroatoms. The summed E-state index contributed by atoms with van der Waals surface area (Å²) < 4.78 is 10.3. The van der Waals surface area contributed by atoms with E-state index in [0.29, 0.717) is 26.0 Å². The molecule has 0 heterocycles. The maximum atomic E-state index is 11.4. The molecule has 0 saturated heterocycles. The zero-order valence-corrected chi connectivity index (χ0v) is 14.3. The van der Waals surface area contributed by atoms with Gasteiger partial charge in [0.25, 0.3) is 0 Å². The average molecular weight is 322 g/mol. The molecule has 1 aromatic carbocycles. The maximum absolute atomic E-state index is 11.4. The van der Waals surface area contributed by atoms with Gasteiger partial charge in [-0.05, 0) is 38.5 Å². The largest absolute Gasteiger partial charge is 0.495 e. The molecule has 0 radical (unpaired) electrons. The second kappa shape index (κ2) is 9.71. The molecule has 23 heavy (non-hydrogen) atoms. The summed E-state index contributed by atoms with van der Waals surface area (Å²) in [5.41, 5.74) is 1.61. The van der Waals surface area contributed by atoms with Crippen LogP contribution in [-0.2, 0) is 14.3 Å². The van der Waals surface area contributed by atoms with Crippen LogP contribution >= 0.6 is 0 Å². The minimum absolute atomic E-state index is 0.119. The minimum Gasteiger partial charge on any atom is -0.495 e. The van der Waals surface area contributed by atoms with E-state index in [-0.39, 0.29) is 11.9 Å². The third kappa shape index (κ3) is 6.18. The molecule has 0 bridgehead atoms. The van der Waals surface area contributed by atoms with Crippen molar-refractivity contribution in [3.63, 3.8) is 0 Å². The summed E-state index contributed by atoms with van der Waals surface area (Å²) in [7, 11) is 1.61. The molecule has 0 spiro atoms. The highest BCUT2D eigenvalue weighted by Gasteiger charge is 2.13. The quantitative estimate of drug-likeness (QED) is 0.708. The van der Waals surface area contributed by atoms with Gasteiger partial charge in [0.2, 0.25) is 5.91 Å². The molecule has 1 N–H and O–H groups in total. The van der Waals surface area contributed by atoms with Crippen LogP contribution in [0.2, 0.25) is 0 Å². The molecule has 0 saturated carbocycles. The summed E-state index contributed by atoms with van der Waals surface area (Å²) in [5.74, 6) is 0.436. The fourth-order valence-corrected chi connectivity index (χ4v) is 2.31. The lowest BCUT2D eigenvalue weighted by Crippen LogP contribution is -2.25. The van der Waals surface area contributed by atoms with Gasteiger partial charge in [-0.15, -0.1) is 0 Å². The van der Waals surface area contributed by atoms with E-state index in [0.717, 1.165) is 23.7 Å². The first-order valence-electron chi connectivity index (χ1n) is 7.88. The first-order chi connectivity index (χ1) is 11.0. The van der Waals surface area contributed by atoms with Crippen molar-refractivity contribution in [3.8, 4) is 5.75 Å². The molecule has 1 aromatic rings. The van der Waals surface area contributed by atoms with Crippen LogP contribution in [0.25, 0.3) is 0 Å². The Morgan fingerprint density at radius 3 is 2.57 bits per heavy atom. The van der Waals surface area contributed by atoms with Gasteiger partial charge in [-0.2, -0.15) is 0 Å². The monoisotopic (exact) mass is 322 g/mol. The average Bonchev–Trinajstić information content (AvgIpc) is 2.51. The molecule has 0 aliphatic heterocycles. The molecule has 0 aliphatic carbocycles. The van der Waals surface area contributed by atoms with E-state index >= 15 is 0 Å². The molecule has 6 nitrogen and oxygen atoms in total. The van der Waals surface area contributed by atoms with Crippen LogP contribution in [0.4, 0.5) is 11.4 Å². The number of hydrogen-bond donors (Lipinski definition) is 1. The Morgan fingerprint density at radius 1 is 1.26 bits per heavy atom. The van der Waals surface area contributed by atoms with Crippen LogP contribution in [0, 0.1) is 0 Å². The number of hydrogen-bond acceptors (Lipinski definition) is 5. The van der Waals surface area contributed by atoms with Crippen LogP contribution in [0.3, 0.4) is 0 Å². The third-order valence-corrected chi connectivity index (χ3v) is 3.34. The number of nitrogens with one attached hydrogen (secondary N) is 1. The van der Waals surface area contributed by atoms with Crippen molar-refractivity contribution in [1.82, 2.24) is 0 Å². The van der Waals surface area contributed by atoms with Crippen LogP contribution in [0.5, 0.6) is 5.75 Å². The van der Waals surface area contributed by atoms with Crippen molar-refractivity contribution in [1.29, 1.82) is 0 Å². The predicted molar refractivity (Wildman–Crippen MR) is 91.1 cm³/mol. The standard InChI is InChI=1S/C17H26N2O4/c1-5-19(11-7-8-17(21)23-6-2)15-12-14(18-13(3)20)9-10-16(15)22-4/h9-10,12H,5-8,11H2,1-4H3,(H,18,20). The summed E-state index contributed by atoms with van der Waals surface area (Å²) in [6.07, 6.45) is 1.08. The van der Waals surface area contributed by atoms with Gasteiger partial charge in [0.1, 0.15) is 5.75 Å². The van der Waals surface area contributed by atoms with E-state index in [1.807, 2.05) is 19.1 Å². The van der Waals surface area contributed by atoms with Gasteiger partial charge in [-0.3, -0.25) is 9.59 Å². The van der Waals surface area contributed by atoms with Crippen molar-refractivity contribution in [2.24, 2.45) is 0 Å². The van der Waals surface area contributed by atoms with E-state index in [9.17, 15) is 9.59 Å². The van der Waals surface area contributed by atoms with E-state index in [1.54, 1.807) is 20.1 Å². The van der Waals surface area contributed by atoms with Crippen LogP contribution in [-0.4, -0.2) is 38.7 Å². The molecule has 0 unspecified atom stereocenters. The first-order valence-corrected chi connectivity index (χ1v) is 7.88. The molecule has 128 valence electrons. The number of benzene rings is 1. The van der Waals surface area contributed by atoms with Crippen molar-refractivity contribution in [2.75, 3.05) is 37.0 Å². The predicted octanol–water partition coefficient (Wildman–Crippen LogP) is 2.82. The highest BCUT2D eigenvalue weighted by atomic mass is 16.5. The molecule has 0 aliphatic rings. The fourth-order valence-electron chi connectivity index (χ4n) is 2.31. The first kappa shape index (κ1) is 18.8. The highest BCUT2D eigenvalue weighted by molar-refractivity contribution is 5.89. The van der Waals surface area contributed by atoms with Gasteiger partial charge < -0.3 is 19.7 Å². The van der Waals surface area contributed by atoms with Gasteiger partial charge in [0, 0.05) is 32.1 Å². The van der Waals surface area contributed by atoms with E-state index < -0.39 is 0 Å². The summed E-state index contributed by atoms with van der Waals surface area (Å²) in [6, 6.07) is 5.51. The Kier molecular flexibility index (Phi) is 7.94. The lowest BCUT2D eigenvalue weighted by Gasteiger charge is -2.25. The molecular formula is C17H26N2O4. The smallest absolute Gasteiger partial charge is 0.305 e. The summed E-state index contributed by atoms with van der Waals surface area (Å²) in [4.78, 5) is 24.8. The van der Waals surface area contributed by atoms with Crippen molar-refractivity contribution in [2.45, 2.75) is 33.6 Å². The third-order valence-electron chi connectivity index (χ3n) is 3.34. The number of methoxy groups -OCH3 is 1. The fraction of sp³-hybridized carbons (Fsp3) is 0.529. The van der Waals surface area contributed by atoms with E-state index in [2.05, 4.69) is 10.2 Å². The topological polar surface area (TPSA) is 67.9 Å². The zero-order valence-electron chi connectivity index (χ0n) is 14.3. The molecular weight excluding hydrogens is 296 g/mol. The van der Waals surface area contributed by atoms with E-state index in [4.69, 9.17) is 9.47 Å². The van der Waals surface area contributed by atoms with E-state index in [1.165, 1.54) is 6.92 Å². The van der Waals surface area contributed by atoms with Crippen LogP contribution in [0.15, 0.2) is 18.2 Å². The Morgan fingerprint density at radius 2 is 2.00 bits per heavy atom. The number of carbonyl (C=O) groups is 2. The van der Waals surface area contributed by atoms with Gasteiger partial charge in [-0.25, -0.2) is 0 Å². The molecule has 1 amide bonds. The number of anilines is 2. The van der Waals surface area contributed by atoms with Gasteiger partial charge >= 0.3 is 5.97 Å². The Hall–Kier alpha value is -2.24. The number of rotatable bonds is 9. The summed E-state index contributed by atoms with van der Waals surface area (Å²) in [5, 5.41) is 2.77. The van der Waals surface area contributed by atoms with Gasteiger partial charge in [0.15, 0.2) is 0 Å². The number of ether oxygens (including phenoxy) is 2. The maximum Gasteiger partial charge on any atom is 0.305 e. The number of carbonyl (C=O) groups excluding carboxylic acids is 2. The second-order valence-corrected chi connectivity index (χ2v) is 5.06. The molecule has 0 aromatic heterocycles. The lowest BCUT2D eigenvalue weighted by molar-refractivity contribution is -0.143. The molecule has 0 fully saturated rings. The Labute approximate surface area is 137 Å². The number of amides is 1. The normalized spacial score (nSPS) is 10.1. The van der Waals surface area contributed by atoms with Crippen molar-refractivity contribution >= 4 is 23.3 Å². The van der Waals surface area contributed by atoms with Gasteiger partial charge in [-0.1, -0.05) is 0 Å². The van der Waals surface area contributed by atoms with Crippen LogP contribution in [0.1, 0.15) is 33.6 Å². The number of nitrogens with zero attached hydrogens (tertiary/aromatic N) is 1. The number of esters is 1. The van der Waals surface area contributed by atoms with Crippen molar-refractivity contribution in [3.05, 3.63) is 18.2 Å². The zero-order chi connectivity index (χ0) is 17.2. The van der Waals surface area contributed by atoms with Crippen LogP contribution < -0.4 is 15.0 Å². The molecule has 0 atom stereocenters. The minimum atomic E-state index is -0.178. The highest BCUT2D eigenvalue weighted by Crippen LogP contribution is 2.31. The second-order valence-electron chi connectivity index (χ2n) is 5.06. The van der Waals surface area contributed by atoms with Crippen molar-refractivity contribution < 1.29 is 19.1 Å². The van der Waals surface area contributed by atoms with Gasteiger partial charge in [0.05, 0.1) is 19.4 Å². The summed E-state index contributed by atoms with van der Waals surface area (Å²) in [6.45, 7) is 7.19. The lowest BCUT2D eigenvalue weighted by atomic mass is 10.2. The molecule has 1 rings (SSSR count). The SMILES string of the molecule is CCOC(=O)CCCN(CC)c1cc(NC(C)=O)ccc1OC. The Balaban J connectivity index is 2.81.